The van der Waals surface area contributed by atoms with E-state index in [0.717, 1.165) is 35.7 Å². The first-order chi connectivity index (χ1) is 9.48. The number of carbonyl (C=O) groups excluding carboxylic acids is 1. The zero-order chi connectivity index (χ0) is 14.6. The number of benzene rings is 1. The highest BCUT2D eigenvalue weighted by Gasteiger charge is 2.31. The highest BCUT2D eigenvalue weighted by Crippen LogP contribution is 2.29. The molecule has 1 aliphatic rings. The highest BCUT2D eigenvalue weighted by atomic mass is 79.9. The molecule has 1 aromatic rings. The zero-order valence-corrected chi connectivity index (χ0v) is 13.7. The molecule has 0 heterocycles. The first kappa shape index (κ1) is 15.5. The van der Waals surface area contributed by atoms with Gasteiger partial charge in [0, 0.05) is 30.0 Å². The van der Waals surface area contributed by atoms with Crippen LogP contribution < -0.4 is 5.73 Å². The summed E-state index contributed by atoms with van der Waals surface area (Å²) in [5.74, 6) is 0.150. The summed E-state index contributed by atoms with van der Waals surface area (Å²) in [6, 6.07) is 8.07. The van der Waals surface area contributed by atoms with Gasteiger partial charge in [-0.1, -0.05) is 47.3 Å². The fourth-order valence-electron chi connectivity index (χ4n) is 2.82. The third-order valence-electron chi connectivity index (χ3n) is 4.11. The monoisotopic (exact) mass is 338 g/mol. The molecule has 1 saturated carbocycles. The molecule has 0 spiro atoms. The van der Waals surface area contributed by atoms with E-state index in [1.807, 2.05) is 31.3 Å². The number of nitrogens with zero attached hydrogens (tertiary/aromatic N) is 1. The summed E-state index contributed by atoms with van der Waals surface area (Å²) in [5.41, 5.74) is 7.22. The van der Waals surface area contributed by atoms with Crippen molar-refractivity contribution < 1.29 is 4.79 Å². The first-order valence-electron chi connectivity index (χ1n) is 7.26. The van der Waals surface area contributed by atoms with Crippen molar-refractivity contribution in [3.05, 3.63) is 34.3 Å². The molecule has 20 heavy (non-hydrogen) atoms. The molecule has 0 radical (unpaired) electrons. The van der Waals surface area contributed by atoms with Crippen LogP contribution in [0.1, 0.15) is 44.1 Å². The number of amides is 1. The van der Waals surface area contributed by atoms with Crippen molar-refractivity contribution >= 4 is 21.8 Å². The van der Waals surface area contributed by atoms with Gasteiger partial charge in [-0.2, -0.15) is 0 Å². The molecule has 0 aliphatic heterocycles. The Balaban J connectivity index is 1.89. The highest BCUT2D eigenvalue weighted by molar-refractivity contribution is 9.10. The van der Waals surface area contributed by atoms with E-state index >= 15 is 0 Å². The predicted octanol–water partition coefficient (Wildman–Crippen LogP) is 3.46. The van der Waals surface area contributed by atoms with Crippen LogP contribution in [0.4, 0.5) is 0 Å². The molecular weight excluding hydrogens is 316 g/mol. The molecule has 0 atom stereocenters. The molecule has 3 nitrogen and oxygen atoms in total. The van der Waals surface area contributed by atoms with E-state index in [0.29, 0.717) is 13.0 Å². The van der Waals surface area contributed by atoms with E-state index in [2.05, 4.69) is 15.9 Å². The lowest BCUT2D eigenvalue weighted by Crippen LogP contribution is -2.46. The molecule has 1 fully saturated rings. The molecule has 1 amide bonds. The lowest BCUT2D eigenvalue weighted by Gasteiger charge is -2.34. The van der Waals surface area contributed by atoms with Gasteiger partial charge in [-0.25, -0.2) is 0 Å². The van der Waals surface area contributed by atoms with Gasteiger partial charge in [0.15, 0.2) is 0 Å². The minimum Gasteiger partial charge on any atom is -0.341 e. The van der Waals surface area contributed by atoms with E-state index in [9.17, 15) is 4.79 Å². The summed E-state index contributed by atoms with van der Waals surface area (Å²) in [4.78, 5) is 14.1. The SMILES string of the molecule is CN(Cc1ccc(Br)cc1)C(=O)CC1(N)CCCCC1. The Bertz CT molecular complexity index is 452. The van der Waals surface area contributed by atoms with E-state index in [1.165, 1.54) is 6.42 Å². The number of rotatable bonds is 4. The van der Waals surface area contributed by atoms with Crippen LogP contribution in [0.25, 0.3) is 0 Å². The Hall–Kier alpha value is -0.870. The lowest BCUT2D eigenvalue weighted by atomic mass is 9.80. The van der Waals surface area contributed by atoms with Crippen LogP contribution in [0.3, 0.4) is 0 Å². The maximum atomic E-state index is 12.3. The maximum Gasteiger partial charge on any atom is 0.224 e. The van der Waals surface area contributed by atoms with Gasteiger partial charge >= 0.3 is 0 Å². The van der Waals surface area contributed by atoms with Crippen LogP contribution in [-0.4, -0.2) is 23.4 Å². The molecule has 110 valence electrons. The second-order valence-electron chi connectivity index (χ2n) is 5.98. The quantitative estimate of drug-likeness (QED) is 0.913. The summed E-state index contributed by atoms with van der Waals surface area (Å²) >= 11 is 3.42. The topological polar surface area (TPSA) is 46.3 Å². The largest absolute Gasteiger partial charge is 0.341 e. The Kier molecular flexibility index (Phi) is 5.22. The fourth-order valence-corrected chi connectivity index (χ4v) is 3.08. The van der Waals surface area contributed by atoms with Gasteiger partial charge in [-0.05, 0) is 30.5 Å². The summed E-state index contributed by atoms with van der Waals surface area (Å²) in [6.45, 7) is 0.641. The molecule has 0 bridgehead atoms. The van der Waals surface area contributed by atoms with Gasteiger partial charge in [0.2, 0.25) is 5.91 Å². The van der Waals surface area contributed by atoms with E-state index < -0.39 is 0 Å². The lowest BCUT2D eigenvalue weighted by molar-refractivity contribution is -0.132. The molecule has 0 aromatic heterocycles. The van der Waals surface area contributed by atoms with Crippen molar-refractivity contribution in [2.75, 3.05) is 7.05 Å². The van der Waals surface area contributed by atoms with Gasteiger partial charge in [-0.15, -0.1) is 0 Å². The van der Waals surface area contributed by atoms with Gasteiger partial charge < -0.3 is 10.6 Å². The molecular formula is C16H23BrN2O. The van der Waals surface area contributed by atoms with Gasteiger partial charge in [0.1, 0.15) is 0 Å². The van der Waals surface area contributed by atoms with Gasteiger partial charge in [-0.3, -0.25) is 4.79 Å². The molecule has 1 aromatic carbocycles. The minimum absolute atomic E-state index is 0.150. The molecule has 2 N–H and O–H groups in total. The zero-order valence-electron chi connectivity index (χ0n) is 12.1. The van der Waals surface area contributed by atoms with Crippen LogP contribution in [0, 0.1) is 0 Å². The normalized spacial score (nSPS) is 17.8. The van der Waals surface area contributed by atoms with Crippen LogP contribution >= 0.6 is 15.9 Å². The van der Waals surface area contributed by atoms with Crippen LogP contribution in [0.5, 0.6) is 0 Å². The average Bonchev–Trinajstić information content (AvgIpc) is 2.41. The van der Waals surface area contributed by atoms with Crippen molar-refractivity contribution in [1.29, 1.82) is 0 Å². The smallest absolute Gasteiger partial charge is 0.224 e. The summed E-state index contributed by atoms with van der Waals surface area (Å²) in [5, 5.41) is 0. The number of nitrogens with two attached hydrogens (primary N) is 1. The van der Waals surface area contributed by atoms with Crippen molar-refractivity contribution in [3.8, 4) is 0 Å². The second-order valence-corrected chi connectivity index (χ2v) is 6.89. The predicted molar refractivity (Wildman–Crippen MR) is 85.2 cm³/mol. The molecule has 0 saturated heterocycles. The molecule has 0 unspecified atom stereocenters. The van der Waals surface area contributed by atoms with Gasteiger partial charge in [0.25, 0.3) is 0 Å². The molecule has 2 rings (SSSR count). The van der Waals surface area contributed by atoms with Crippen molar-refractivity contribution in [1.82, 2.24) is 4.90 Å². The fraction of sp³-hybridized carbons (Fsp3) is 0.562. The Morgan fingerprint density at radius 2 is 1.85 bits per heavy atom. The first-order valence-corrected chi connectivity index (χ1v) is 8.05. The summed E-state index contributed by atoms with van der Waals surface area (Å²) in [6.07, 6.45) is 5.98. The number of halogens is 1. The van der Waals surface area contributed by atoms with Gasteiger partial charge in [0.05, 0.1) is 0 Å². The molecule has 1 aliphatic carbocycles. The third kappa shape index (κ3) is 4.32. The molecule has 4 heteroatoms. The maximum absolute atomic E-state index is 12.3. The van der Waals surface area contributed by atoms with Crippen LogP contribution in [0.15, 0.2) is 28.7 Å². The van der Waals surface area contributed by atoms with Crippen molar-refractivity contribution in [2.45, 2.75) is 50.6 Å². The van der Waals surface area contributed by atoms with Crippen molar-refractivity contribution in [3.63, 3.8) is 0 Å². The average molecular weight is 339 g/mol. The Morgan fingerprint density at radius 3 is 2.45 bits per heavy atom. The Morgan fingerprint density at radius 1 is 1.25 bits per heavy atom. The minimum atomic E-state index is -0.274. The van der Waals surface area contributed by atoms with E-state index in [1.54, 1.807) is 4.90 Å². The standard InChI is InChI=1S/C16H23BrN2O/c1-19(12-13-5-7-14(17)8-6-13)15(20)11-16(18)9-3-2-4-10-16/h5-8H,2-4,9-12,18H2,1H3. The Labute approximate surface area is 129 Å². The van der Waals surface area contributed by atoms with Crippen LogP contribution in [-0.2, 0) is 11.3 Å². The number of hydrogen-bond acceptors (Lipinski definition) is 2. The second kappa shape index (κ2) is 6.72. The number of carbonyl (C=O) groups is 1. The number of hydrogen-bond donors (Lipinski definition) is 1. The third-order valence-corrected chi connectivity index (χ3v) is 4.64. The summed E-state index contributed by atoms with van der Waals surface area (Å²) in [7, 11) is 1.86. The van der Waals surface area contributed by atoms with Crippen molar-refractivity contribution in [2.24, 2.45) is 5.73 Å². The van der Waals surface area contributed by atoms with Crippen LogP contribution in [0.2, 0.25) is 0 Å². The summed E-state index contributed by atoms with van der Waals surface area (Å²) < 4.78 is 1.05. The van der Waals surface area contributed by atoms with E-state index in [4.69, 9.17) is 5.73 Å². The van der Waals surface area contributed by atoms with E-state index in [-0.39, 0.29) is 11.4 Å².